The molecule has 3 heterocycles. The third-order valence-electron chi connectivity index (χ3n) is 6.21. The van der Waals surface area contributed by atoms with E-state index < -0.39 is 33.1 Å². The number of halogens is 4. The minimum Gasteiger partial charge on any atom is -0.371 e. The number of anilines is 1. The minimum absolute atomic E-state index is 0.0496. The maximum atomic E-state index is 14.8. The van der Waals surface area contributed by atoms with E-state index in [1.54, 1.807) is 27.7 Å². The van der Waals surface area contributed by atoms with Gasteiger partial charge in [-0.15, -0.1) is 10.2 Å². The highest BCUT2D eigenvalue weighted by Crippen LogP contribution is 2.50. The first kappa shape index (κ1) is 23.3. The Morgan fingerprint density at radius 2 is 1.74 bits per heavy atom. The van der Waals surface area contributed by atoms with Gasteiger partial charge in [-0.3, -0.25) is 4.57 Å². The maximum Gasteiger partial charge on any atom is 0.419 e. The van der Waals surface area contributed by atoms with Crippen molar-refractivity contribution in [2.45, 2.75) is 39.4 Å². The van der Waals surface area contributed by atoms with Crippen molar-refractivity contribution in [3.05, 3.63) is 59.1 Å². The average molecular weight is 508 g/mol. The van der Waals surface area contributed by atoms with Gasteiger partial charge in [-0.1, -0.05) is 0 Å². The molecule has 7 nitrogen and oxygen atoms in total. The number of aryl methyl sites for hydroxylation is 2. The third kappa shape index (κ3) is 3.41. The average Bonchev–Trinajstić information content (AvgIpc) is 3.31. The molecule has 1 aliphatic rings. The summed E-state index contributed by atoms with van der Waals surface area (Å²) in [6.45, 7) is 6.81. The Balaban J connectivity index is 1.96. The van der Waals surface area contributed by atoms with E-state index in [2.05, 4.69) is 15.5 Å². The highest BCUT2D eigenvalue weighted by molar-refractivity contribution is 7.89. The molecule has 0 aliphatic carbocycles. The van der Waals surface area contributed by atoms with E-state index >= 15 is 0 Å². The second-order valence-corrected chi connectivity index (χ2v) is 11.1. The molecule has 0 atom stereocenters. The molecule has 5 rings (SSSR count). The molecule has 4 aromatic rings. The summed E-state index contributed by atoms with van der Waals surface area (Å²) in [6.07, 6.45) is -2.71. The Hall–Kier alpha value is -3.41. The fourth-order valence-electron chi connectivity index (χ4n) is 4.78. The summed E-state index contributed by atoms with van der Waals surface area (Å²) >= 11 is 0. The number of alkyl halides is 3. The van der Waals surface area contributed by atoms with Gasteiger partial charge in [-0.05, 0) is 68.7 Å². The molecule has 0 unspecified atom stereocenters. The second kappa shape index (κ2) is 7.06. The summed E-state index contributed by atoms with van der Waals surface area (Å²) < 4.78 is 85.7. The van der Waals surface area contributed by atoms with Gasteiger partial charge >= 0.3 is 6.18 Å². The Morgan fingerprint density at radius 3 is 2.37 bits per heavy atom. The van der Waals surface area contributed by atoms with Crippen molar-refractivity contribution in [3.63, 3.8) is 0 Å². The number of hydrogen-bond acceptors (Lipinski definition) is 5. The molecule has 0 saturated heterocycles. The van der Waals surface area contributed by atoms with Gasteiger partial charge in [0, 0.05) is 11.6 Å². The van der Waals surface area contributed by atoms with Gasteiger partial charge in [0.1, 0.15) is 11.6 Å². The molecule has 0 amide bonds. The van der Waals surface area contributed by atoms with Crippen LogP contribution in [0.25, 0.3) is 27.7 Å². The molecule has 0 saturated carbocycles. The van der Waals surface area contributed by atoms with Crippen LogP contribution in [0.1, 0.15) is 36.6 Å². The molecule has 184 valence electrons. The number of benzene rings is 2. The van der Waals surface area contributed by atoms with Crippen LogP contribution in [0.15, 0.2) is 30.5 Å². The van der Waals surface area contributed by atoms with Crippen LogP contribution in [0.5, 0.6) is 0 Å². The lowest BCUT2D eigenvalue weighted by Crippen LogP contribution is -2.37. The Labute approximate surface area is 198 Å². The van der Waals surface area contributed by atoms with Crippen molar-refractivity contribution in [1.82, 2.24) is 18.7 Å². The predicted molar refractivity (Wildman–Crippen MR) is 124 cm³/mol. The zero-order valence-corrected chi connectivity index (χ0v) is 20.2. The third-order valence-corrected chi connectivity index (χ3v) is 7.24. The Morgan fingerprint density at radius 1 is 1.06 bits per heavy atom. The first-order chi connectivity index (χ1) is 16.1. The molecule has 1 aliphatic heterocycles. The fraction of sp³-hybridized carbons (Fsp3) is 0.304. The van der Waals surface area contributed by atoms with Gasteiger partial charge in [-0.2, -0.15) is 13.2 Å². The molecule has 0 radical (unpaired) electrons. The van der Waals surface area contributed by atoms with Gasteiger partial charge in [0.25, 0.3) is 0 Å². The fourth-order valence-corrected chi connectivity index (χ4v) is 5.57. The van der Waals surface area contributed by atoms with Crippen molar-refractivity contribution >= 4 is 26.6 Å². The van der Waals surface area contributed by atoms with Crippen LogP contribution >= 0.6 is 0 Å². The van der Waals surface area contributed by atoms with Crippen molar-refractivity contribution in [2.75, 3.05) is 11.6 Å². The normalized spacial score (nSPS) is 15.1. The van der Waals surface area contributed by atoms with Crippen LogP contribution in [0, 0.1) is 19.7 Å². The summed E-state index contributed by atoms with van der Waals surface area (Å²) in [5, 5.41) is 11.5. The zero-order chi connectivity index (χ0) is 25.7. The summed E-state index contributed by atoms with van der Waals surface area (Å²) in [4.78, 5) is 0. The van der Waals surface area contributed by atoms with Crippen LogP contribution in [0.4, 0.5) is 23.2 Å². The number of nitrogens with zero attached hydrogens (tertiary/aromatic N) is 4. The largest absolute Gasteiger partial charge is 0.419 e. The molecule has 12 heteroatoms. The van der Waals surface area contributed by atoms with Crippen LogP contribution in [-0.2, 0) is 21.7 Å². The zero-order valence-electron chi connectivity index (χ0n) is 19.4. The van der Waals surface area contributed by atoms with E-state index in [4.69, 9.17) is 0 Å². The molecule has 2 aromatic heterocycles. The highest BCUT2D eigenvalue weighted by Gasteiger charge is 2.44. The van der Waals surface area contributed by atoms with Crippen LogP contribution in [0.2, 0.25) is 0 Å². The van der Waals surface area contributed by atoms with Crippen molar-refractivity contribution in [1.29, 1.82) is 0 Å². The summed E-state index contributed by atoms with van der Waals surface area (Å²) in [5.74, 6) is -0.289. The quantitative estimate of drug-likeness (QED) is 0.381. The lowest BCUT2D eigenvalue weighted by atomic mass is 9.89. The van der Waals surface area contributed by atoms with Crippen LogP contribution in [0.3, 0.4) is 0 Å². The molecule has 1 N–H and O–H groups in total. The second-order valence-electron chi connectivity index (χ2n) is 9.25. The maximum absolute atomic E-state index is 14.8. The number of hydrogen-bond donors (Lipinski definition) is 1. The molecule has 2 aromatic carbocycles. The lowest BCUT2D eigenvalue weighted by molar-refractivity contribution is -0.137. The molecule has 0 spiro atoms. The first-order valence-electron chi connectivity index (χ1n) is 10.6. The minimum atomic E-state index is -4.84. The number of aromatic nitrogens is 4. The molecule has 35 heavy (non-hydrogen) atoms. The van der Waals surface area contributed by atoms with Gasteiger partial charge in [0.2, 0.25) is 10.0 Å². The van der Waals surface area contributed by atoms with E-state index in [1.807, 2.05) is 0 Å². The molecule has 0 bridgehead atoms. The van der Waals surface area contributed by atoms with Crippen LogP contribution < -0.4 is 5.32 Å². The SMILES string of the molecule is Cc1cc(-c2cc(F)cc3c2ccn3S(C)(=O)=O)c(C(F)(F)F)c2c1NC(C)(C)c1nnc(C)n1-2. The van der Waals surface area contributed by atoms with Crippen LogP contribution in [-0.4, -0.2) is 33.4 Å². The van der Waals surface area contributed by atoms with Gasteiger partial charge < -0.3 is 5.32 Å². The summed E-state index contributed by atoms with van der Waals surface area (Å²) in [5.41, 5.74) is -1.61. The summed E-state index contributed by atoms with van der Waals surface area (Å²) in [7, 11) is -3.82. The van der Waals surface area contributed by atoms with Gasteiger partial charge in [0.05, 0.1) is 34.2 Å². The van der Waals surface area contributed by atoms with E-state index in [0.29, 0.717) is 11.4 Å². The number of nitrogens with one attached hydrogen (secondary N) is 1. The van der Waals surface area contributed by atoms with E-state index in [1.165, 1.54) is 22.9 Å². The predicted octanol–water partition coefficient (Wildman–Crippen LogP) is 5.13. The highest BCUT2D eigenvalue weighted by atomic mass is 32.2. The van der Waals surface area contributed by atoms with Gasteiger partial charge in [0.15, 0.2) is 5.82 Å². The van der Waals surface area contributed by atoms with E-state index in [0.717, 1.165) is 22.4 Å². The standard InChI is InChI=1S/C23H21F4N5O2S/c1-11-8-16(15-9-13(24)10-17-14(15)6-7-31(17)35(5,33)34)18(23(25,26)27)20-19(11)28-22(3,4)21-30-29-12(2)32(20)21/h6-10,28H,1-5H3. The van der Waals surface area contributed by atoms with Crippen molar-refractivity contribution < 1.29 is 26.0 Å². The monoisotopic (exact) mass is 507 g/mol. The van der Waals surface area contributed by atoms with Gasteiger partial charge in [-0.25, -0.2) is 16.8 Å². The summed E-state index contributed by atoms with van der Waals surface area (Å²) in [6, 6.07) is 4.70. The molecule has 0 fully saturated rings. The van der Waals surface area contributed by atoms with E-state index in [-0.39, 0.29) is 39.2 Å². The molecular weight excluding hydrogens is 486 g/mol. The first-order valence-corrected chi connectivity index (χ1v) is 12.4. The topological polar surface area (TPSA) is 81.8 Å². The van der Waals surface area contributed by atoms with E-state index in [9.17, 15) is 26.0 Å². The lowest BCUT2D eigenvalue weighted by Gasteiger charge is -2.37. The molecular formula is C23H21F4N5O2S. The Bertz CT molecular complexity index is 1650. The smallest absolute Gasteiger partial charge is 0.371 e. The van der Waals surface area contributed by atoms with Crippen molar-refractivity contribution in [3.8, 4) is 16.8 Å². The number of rotatable bonds is 2. The number of fused-ring (bicyclic) bond motifs is 4. The van der Waals surface area contributed by atoms with Crippen molar-refractivity contribution in [2.24, 2.45) is 0 Å². The Kier molecular flexibility index (Phi) is 4.71.